The predicted octanol–water partition coefficient (Wildman–Crippen LogP) is 3.34. The van der Waals surface area contributed by atoms with E-state index in [0.29, 0.717) is 44.5 Å². The molecule has 1 aliphatic rings. The molecule has 0 saturated carbocycles. The van der Waals surface area contributed by atoms with Crippen LogP contribution in [-0.2, 0) is 9.53 Å². The molecule has 0 bridgehead atoms. The lowest BCUT2D eigenvalue weighted by atomic mass is 10.2. The first kappa shape index (κ1) is 20.9. The molecule has 1 aliphatic heterocycles. The van der Waals surface area contributed by atoms with Gasteiger partial charge in [-0.25, -0.2) is 14.8 Å². The van der Waals surface area contributed by atoms with Crippen LogP contribution in [0.15, 0.2) is 11.4 Å². The van der Waals surface area contributed by atoms with Gasteiger partial charge in [0.15, 0.2) is 0 Å². The van der Waals surface area contributed by atoms with Crippen LogP contribution in [-0.4, -0.2) is 70.3 Å². The number of thiophene rings is 1. The van der Waals surface area contributed by atoms with Gasteiger partial charge in [0.1, 0.15) is 16.2 Å². The summed E-state index contributed by atoms with van der Waals surface area (Å²) in [5.41, 5.74) is 1.18. The van der Waals surface area contributed by atoms with Crippen LogP contribution in [0.25, 0.3) is 10.2 Å². The van der Waals surface area contributed by atoms with Crippen LogP contribution < -0.4 is 0 Å². The van der Waals surface area contributed by atoms with E-state index in [9.17, 15) is 9.59 Å². The zero-order valence-electron chi connectivity index (χ0n) is 16.7. The van der Waals surface area contributed by atoms with Crippen molar-refractivity contribution in [2.45, 2.75) is 32.7 Å². The van der Waals surface area contributed by atoms with Gasteiger partial charge in [-0.1, -0.05) is 25.6 Å². The van der Waals surface area contributed by atoms with Gasteiger partial charge in [-0.15, -0.1) is 11.3 Å². The molecule has 1 fully saturated rings. The van der Waals surface area contributed by atoms with Gasteiger partial charge in [-0.3, -0.25) is 4.79 Å². The Bertz CT molecular complexity index is 860. The lowest BCUT2D eigenvalue weighted by Gasteiger charge is -2.34. The van der Waals surface area contributed by atoms with Crippen LogP contribution in [0.5, 0.6) is 0 Å². The summed E-state index contributed by atoms with van der Waals surface area (Å²) in [4.78, 5) is 39.0. The minimum Gasteiger partial charge on any atom is -0.449 e. The van der Waals surface area contributed by atoms with E-state index >= 15 is 0 Å². The molecule has 2 amide bonds. The summed E-state index contributed by atoms with van der Waals surface area (Å²) in [5.74, 6) is 0.711. The van der Waals surface area contributed by atoms with Crippen LogP contribution in [0.4, 0.5) is 4.79 Å². The van der Waals surface area contributed by atoms with Crippen molar-refractivity contribution < 1.29 is 14.3 Å². The largest absolute Gasteiger partial charge is 0.449 e. The first-order valence-corrected chi connectivity index (χ1v) is 11.2. The third-order valence-electron chi connectivity index (χ3n) is 4.69. The fourth-order valence-corrected chi connectivity index (χ4v) is 4.97. The monoisotopic (exact) mass is 422 g/mol. The highest BCUT2D eigenvalue weighted by atomic mass is 32.2. The number of carbonyl (C=O) groups excluding carboxylic acids is 2. The number of nitrogens with zero attached hydrogens (tertiary/aromatic N) is 4. The maximum Gasteiger partial charge on any atom is 0.409 e. The molecule has 1 saturated heterocycles. The third-order valence-corrected chi connectivity index (χ3v) is 6.78. The van der Waals surface area contributed by atoms with Gasteiger partial charge in [0.2, 0.25) is 5.91 Å². The van der Waals surface area contributed by atoms with Crippen molar-refractivity contribution in [3.63, 3.8) is 0 Å². The smallest absolute Gasteiger partial charge is 0.409 e. The summed E-state index contributed by atoms with van der Waals surface area (Å²) in [7, 11) is 0. The van der Waals surface area contributed by atoms with Crippen LogP contribution in [0.2, 0.25) is 0 Å². The Morgan fingerprint density at radius 2 is 1.86 bits per heavy atom. The summed E-state index contributed by atoms with van der Waals surface area (Å²) >= 11 is 3.11. The van der Waals surface area contributed by atoms with Crippen LogP contribution >= 0.6 is 23.1 Å². The van der Waals surface area contributed by atoms with E-state index in [0.717, 1.165) is 15.2 Å². The molecule has 0 atom stereocenters. The van der Waals surface area contributed by atoms with Gasteiger partial charge in [0.25, 0.3) is 0 Å². The number of thioether (sulfide) groups is 1. The van der Waals surface area contributed by atoms with Gasteiger partial charge in [-0.05, 0) is 25.3 Å². The Labute approximate surface area is 173 Å². The summed E-state index contributed by atoms with van der Waals surface area (Å²) < 4.78 is 5.26. The van der Waals surface area contributed by atoms with Crippen molar-refractivity contribution in [1.29, 1.82) is 0 Å². The molecule has 0 aromatic carbocycles. The number of carbonyl (C=O) groups is 2. The number of hydrogen-bond acceptors (Lipinski definition) is 7. The maximum atomic E-state index is 12.6. The normalized spacial score (nSPS) is 14.8. The van der Waals surface area contributed by atoms with Gasteiger partial charge in [-0.2, -0.15) is 0 Å². The van der Waals surface area contributed by atoms with Crippen molar-refractivity contribution >= 4 is 45.3 Å². The molecule has 2 aromatic rings. The molecule has 152 valence electrons. The van der Waals surface area contributed by atoms with Gasteiger partial charge in [0.05, 0.1) is 12.4 Å². The quantitative estimate of drug-likeness (QED) is 0.543. The first-order valence-electron chi connectivity index (χ1n) is 9.39. The fraction of sp³-hybridized carbons (Fsp3) is 0.579. The first-order chi connectivity index (χ1) is 13.4. The lowest BCUT2D eigenvalue weighted by Crippen LogP contribution is -2.51. The highest BCUT2D eigenvalue weighted by molar-refractivity contribution is 8.00. The van der Waals surface area contributed by atoms with E-state index in [4.69, 9.17) is 4.74 Å². The molecule has 3 rings (SSSR count). The number of aryl methyl sites for hydroxylation is 2. The number of piperazine rings is 1. The van der Waals surface area contributed by atoms with Gasteiger partial charge >= 0.3 is 6.09 Å². The molecular formula is C19H26N4O3S2. The average Bonchev–Trinajstić information content (AvgIpc) is 2.98. The standard InChI is InChI=1S/C19H26N4O3S2/c1-12(2)9-26-19(25)23-7-5-22(6-8-23)15(24)10-27-17-16-13(3)14(4)28-18(16)21-11-20-17/h11-12H,5-10H2,1-4H3. The lowest BCUT2D eigenvalue weighted by molar-refractivity contribution is -0.129. The molecule has 3 heterocycles. The summed E-state index contributed by atoms with van der Waals surface area (Å²) in [6, 6.07) is 0. The summed E-state index contributed by atoms with van der Waals surface area (Å²) in [6.45, 7) is 10.7. The number of hydrogen-bond donors (Lipinski definition) is 0. The second-order valence-electron chi connectivity index (χ2n) is 7.27. The Hall–Kier alpha value is -1.87. The van der Waals surface area contributed by atoms with Crippen LogP contribution in [0, 0.1) is 19.8 Å². The van der Waals surface area contributed by atoms with E-state index in [1.54, 1.807) is 22.6 Å². The highest BCUT2D eigenvalue weighted by Gasteiger charge is 2.25. The molecule has 0 aliphatic carbocycles. The Kier molecular flexibility index (Phi) is 6.77. The van der Waals surface area contributed by atoms with E-state index < -0.39 is 0 Å². The molecule has 0 spiro atoms. The second kappa shape index (κ2) is 9.09. The maximum absolute atomic E-state index is 12.6. The Morgan fingerprint density at radius 3 is 2.54 bits per heavy atom. The molecule has 0 unspecified atom stereocenters. The minimum atomic E-state index is -0.290. The van der Waals surface area contributed by atoms with E-state index in [1.165, 1.54) is 22.2 Å². The minimum absolute atomic E-state index is 0.0663. The second-order valence-corrected chi connectivity index (χ2v) is 9.44. The number of ether oxygens (including phenoxy) is 1. The SMILES string of the molecule is Cc1sc2ncnc(SCC(=O)N3CCN(C(=O)OCC(C)C)CC3)c2c1C. The van der Waals surface area contributed by atoms with E-state index in [-0.39, 0.29) is 12.0 Å². The molecular weight excluding hydrogens is 396 g/mol. The van der Waals surface area contributed by atoms with Crippen molar-refractivity contribution in [2.24, 2.45) is 5.92 Å². The van der Waals surface area contributed by atoms with Crippen LogP contribution in [0.3, 0.4) is 0 Å². The van der Waals surface area contributed by atoms with Crippen molar-refractivity contribution in [3.8, 4) is 0 Å². The summed E-state index contributed by atoms with van der Waals surface area (Å²) in [6.07, 6.45) is 1.27. The molecule has 7 nitrogen and oxygen atoms in total. The molecule has 28 heavy (non-hydrogen) atoms. The average molecular weight is 423 g/mol. The summed E-state index contributed by atoms with van der Waals surface area (Å²) in [5, 5.41) is 1.91. The topological polar surface area (TPSA) is 75.6 Å². The number of fused-ring (bicyclic) bond motifs is 1. The van der Waals surface area contributed by atoms with Crippen molar-refractivity contribution in [1.82, 2.24) is 19.8 Å². The molecule has 9 heteroatoms. The number of rotatable bonds is 5. The number of aromatic nitrogens is 2. The van der Waals surface area contributed by atoms with Gasteiger partial charge in [0, 0.05) is 36.4 Å². The van der Waals surface area contributed by atoms with Crippen LogP contribution in [0.1, 0.15) is 24.3 Å². The number of amides is 2. The fourth-order valence-electron chi connectivity index (χ4n) is 2.95. The highest BCUT2D eigenvalue weighted by Crippen LogP contribution is 2.34. The molecule has 0 N–H and O–H groups in total. The molecule has 2 aromatic heterocycles. The van der Waals surface area contributed by atoms with Crippen molar-refractivity contribution in [3.05, 3.63) is 16.8 Å². The zero-order chi connectivity index (χ0) is 20.3. The van der Waals surface area contributed by atoms with Crippen molar-refractivity contribution in [2.75, 3.05) is 38.5 Å². The van der Waals surface area contributed by atoms with E-state index in [2.05, 4.69) is 23.8 Å². The zero-order valence-corrected chi connectivity index (χ0v) is 18.4. The van der Waals surface area contributed by atoms with E-state index in [1.807, 2.05) is 18.7 Å². The molecule has 0 radical (unpaired) electrons. The Balaban J connectivity index is 1.52. The van der Waals surface area contributed by atoms with Gasteiger partial charge < -0.3 is 14.5 Å². The predicted molar refractivity (Wildman–Crippen MR) is 112 cm³/mol. The third kappa shape index (κ3) is 4.75. The Morgan fingerprint density at radius 1 is 1.18 bits per heavy atom.